The second kappa shape index (κ2) is 10.0. The van der Waals surface area contributed by atoms with Crippen molar-refractivity contribution in [1.82, 2.24) is 9.78 Å². The minimum absolute atomic E-state index is 0.0530. The maximum atomic E-state index is 14.2. The van der Waals surface area contributed by atoms with Crippen LogP contribution >= 0.6 is 11.3 Å². The lowest BCUT2D eigenvalue weighted by atomic mass is 9.95. The number of carbonyl (C=O) groups is 2. The zero-order valence-electron chi connectivity index (χ0n) is 21.8. The van der Waals surface area contributed by atoms with Gasteiger partial charge in [0.05, 0.1) is 17.7 Å². The quantitative estimate of drug-likeness (QED) is 0.358. The number of halogens is 3. The van der Waals surface area contributed by atoms with E-state index < -0.39 is 30.1 Å². The highest BCUT2D eigenvalue weighted by atomic mass is 32.1. The van der Waals surface area contributed by atoms with Gasteiger partial charge in [-0.15, -0.1) is 11.3 Å². The number of rotatable bonds is 5. The summed E-state index contributed by atoms with van der Waals surface area (Å²) in [6.07, 6.45) is -1.91. The lowest BCUT2D eigenvalue weighted by Crippen LogP contribution is -2.35. The van der Waals surface area contributed by atoms with Crippen molar-refractivity contribution in [1.29, 1.82) is 0 Å². The minimum atomic E-state index is -4.61. The van der Waals surface area contributed by atoms with E-state index >= 15 is 0 Å². The van der Waals surface area contributed by atoms with Crippen LogP contribution in [0.3, 0.4) is 0 Å². The van der Waals surface area contributed by atoms with Crippen LogP contribution in [0.2, 0.25) is 0 Å². The maximum Gasteiger partial charge on any atom is 0.410 e. The van der Waals surface area contributed by atoms with Gasteiger partial charge in [-0.05, 0) is 62.8 Å². The molecule has 0 saturated heterocycles. The highest BCUT2D eigenvalue weighted by Gasteiger charge is 2.47. The van der Waals surface area contributed by atoms with Crippen LogP contribution in [0.5, 0.6) is 11.5 Å². The van der Waals surface area contributed by atoms with Gasteiger partial charge in [-0.3, -0.25) is 4.79 Å². The van der Waals surface area contributed by atoms with Crippen LogP contribution < -0.4 is 20.1 Å². The smallest absolute Gasteiger partial charge is 0.410 e. The number of nitrogens with one attached hydrogen (secondary N) is 2. The molecule has 9 nitrogen and oxygen atoms in total. The van der Waals surface area contributed by atoms with Gasteiger partial charge < -0.3 is 24.8 Å². The zero-order chi connectivity index (χ0) is 28.2. The summed E-state index contributed by atoms with van der Waals surface area (Å²) in [5.74, 6) is -0.178. The number of carbonyl (C=O) groups excluding carboxylic acids is 2. The number of alkyl halides is 3. The Labute approximate surface area is 231 Å². The fourth-order valence-electron chi connectivity index (χ4n) is 5.34. The van der Waals surface area contributed by atoms with E-state index in [4.69, 9.17) is 14.2 Å². The maximum absolute atomic E-state index is 14.2. The normalized spacial score (nSPS) is 19.6. The summed E-state index contributed by atoms with van der Waals surface area (Å²) in [5, 5.41) is 10.2. The van der Waals surface area contributed by atoms with Gasteiger partial charge in [0.15, 0.2) is 23.2 Å². The van der Waals surface area contributed by atoms with Crippen LogP contribution in [0.4, 0.5) is 24.0 Å². The van der Waals surface area contributed by atoms with E-state index in [0.29, 0.717) is 34.0 Å². The van der Waals surface area contributed by atoms with Gasteiger partial charge in [0, 0.05) is 17.4 Å². The predicted octanol–water partition coefficient (Wildman–Crippen LogP) is 6.03. The summed E-state index contributed by atoms with van der Waals surface area (Å²) in [5.41, 5.74) is 1.58. The number of ether oxygens (including phenoxy) is 3. The number of anilines is 2. The molecule has 0 spiro atoms. The van der Waals surface area contributed by atoms with Crippen molar-refractivity contribution >= 4 is 34.0 Å². The van der Waals surface area contributed by atoms with E-state index in [9.17, 15) is 22.8 Å². The zero-order valence-corrected chi connectivity index (χ0v) is 22.6. The number of amides is 1. The summed E-state index contributed by atoms with van der Waals surface area (Å²) in [7, 11) is 0. The van der Waals surface area contributed by atoms with E-state index in [-0.39, 0.29) is 30.8 Å². The lowest BCUT2D eigenvalue weighted by molar-refractivity contribution is -0.173. The average Bonchev–Trinajstić information content (AvgIpc) is 3.62. The SMILES string of the molecule is CC(C)OC(=O)c1c(NC(=O)c2cc3n(n2)[C@@H](C(F)(F)F)C[C@@H](c2ccc4c(c2)OCO4)N3)sc2c1CCCC2. The summed E-state index contributed by atoms with van der Waals surface area (Å²) >= 11 is 1.30. The van der Waals surface area contributed by atoms with Crippen molar-refractivity contribution in [3.05, 3.63) is 51.5 Å². The fraction of sp³-hybridized carbons (Fsp3) is 0.444. The van der Waals surface area contributed by atoms with Gasteiger partial charge in [-0.1, -0.05) is 6.07 Å². The molecule has 0 bridgehead atoms. The molecule has 13 heteroatoms. The molecule has 1 aromatic carbocycles. The van der Waals surface area contributed by atoms with Gasteiger partial charge in [-0.2, -0.15) is 18.3 Å². The summed E-state index contributed by atoms with van der Waals surface area (Å²) in [4.78, 5) is 27.3. The van der Waals surface area contributed by atoms with Gasteiger partial charge in [0.25, 0.3) is 5.91 Å². The Bertz CT molecular complexity index is 1480. The van der Waals surface area contributed by atoms with E-state index in [1.54, 1.807) is 32.0 Å². The molecule has 6 rings (SSSR count). The number of hydrogen-bond acceptors (Lipinski definition) is 8. The summed E-state index contributed by atoms with van der Waals surface area (Å²) in [6.45, 7) is 3.54. The van der Waals surface area contributed by atoms with Crippen molar-refractivity contribution in [3.63, 3.8) is 0 Å². The number of nitrogens with zero attached hydrogens (tertiary/aromatic N) is 2. The molecule has 2 atom stereocenters. The number of thiophene rings is 1. The number of hydrogen-bond donors (Lipinski definition) is 2. The molecule has 1 aliphatic carbocycles. The van der Waals surface area contributed by atoms with Crippen molar-refractivity contribution in [2.45, 2.75) is 70.3 Å². The molecule has 1 amide bonds. The highest BCUT2D eigenvalue weighted by molar-refractivity contribution is 7.17. The number of esters is 1. The summed E-state index contributed by atoms with van der Waals surface area (Å²) < 4.78 is 59.5. The molecular weight excluding hydrogens is 549 g/mol. The highest BCUT2D eigenvalue weighted by Crippen LogP contribution is 2.45. The Morgan fingerprint density at radius 2 is 1.95 bits per heavy atom. The van der Waals surface area contributed by atoms with Crippen molar-refractivity contribution in [3.8, 4) is 11.5 Å². The molecule has 0 radical (unpaired) electrons. The lowest BCUT2D eigenvalue weighted by Gasteiger charge is -2.33. The van der Waals surface area contributed by atoms with Crippen LogP contribution in [-0.4, -0.2) is 40.7 Å². The monoisotopic (exact) mass is 576 g/mol. The van der Waals surface area contributed by atoms with Crippen molar-refractivity contribution in [2.75, 3.05) is 17.4 Å². The third kappa shape index (κ3) is 4.87. The Morgan fingerprint density at radius 1 is 1.18 bits per heavy atom. The van der Waals surface area contributed by atoms with E-state index in [1.165, 1.54) is 17.4 Å². The molecule has 4 heterocycles. The van der Waals surface area contributed by atoms with Crippen molar-refractivity contribution < 1.29 is 37.0 Å². The van der Waals surface area contributed by atoms with Gasteiger partial charge >= 0.3 is 12.1 Å². The molecule has 3 aromatic rings. The molecule has 0 saturated carbocycles. The number of aryl methyl sites for hydroxylation is 1. The van der Waals surface area contributed by atoms with Crippen LogP contribution in [-0.2, 0) is 17.6 Å². The number of aromatic nitrogens is 2. The Hall–Kier alpha value is -3.74. The van der Waals surface area contributed by atoms with E-state index in [0.717, 1.165) is 34.4 Å². The molecule has 0 fully saturated rings. The average molecular weight is 577 g/mol. The first-order chi connectivity index (χ1) is 19.1. The van der Waals surface area contributed by atoms with Crippen LogP contribution in [0.25, 0.3) is 0 Å². The first-order valence-electron chi connectivity index (χ1n) is 13.1. The molecular formula is C27H27F3N4O5S. The first-order valence-corrected chi connectivity index (χ1v) is 13.9. The molecule has 2 N–H and O–H groups in total. The third-order valence-corrected chi connectivity index (χ3v) is 8.37. The second-order valence-electron chi connectivity index (χ2n) is 10.3. The molecule has 212 valence electrons. The molecule has 2 aromatic heterocycles. The number of benzene rings is 1. The number of fused-ring (bicyclic) bond motifs is 3. The van der Waals surface area contributed by atoms with Crippen LogP contribution in [0.1, 0.15) is 82.0 Å². The van der Waals surface area contributed by atoms with Crippen LogP contribution in [0, 0.1) is 0 Å². The Morgan fingerprint density at radius 3 is 2.73 bits per heavy atom. The second-order valence-corrected chi connectivity index (χ2v) is 11.4. The summed E-state index contributed by atoms with van der Waals surface area (Å²) in [6, 6.07) is 3.65. The van der Waals surface area contributed by atoms with E-state index in [2.05, 4.69) is 15.7 Å². The molecule has 0 unspecified atom stereocenters. The van der Waals surface area contributed by atoms with Gasteiger partial charge in [-0.25, -0.2) is 9.48 Å². The van der Waals surface area contributed by atoms with E-state index in [1.807, 2.05) is 0 Å². The minimum Gasteiger partial charge on any atom is -0.459 e. The molecule has 2 aliphatic heterocycles. The van der Waals surface area contributed by atoms with Crippen molar-refractivity contribution in [2.24, 2.45) is 0 Å². The first kappa shape index (κ1) is 26.5. The molecule has 3 aliphatic rings. The largest absolute Gasteiger partial charge is 0.459 e. The van der Waals surface area contributed by atoms with Gasteiger partial charge in [0.1, 0.15) is 10.8 Å². The van der Waals surface area contributed by atoms with Crippen LogP contribution in [0.15, 0.2) is 24.3 Å². The van der Waals surface area contributed by atoms with Gasteiger partial charge in [0.2, 0.25) is 6.79 Å². The molecule has 40 heavy (non-hydrogen) atoms. The fourth-order valence-corrected chi connectivity index (χ4v) is 6.62. The Kier molecular flexibility index (Phi) is 6.64. The Balaban J connectivity index is 1.30. The predicted molar refractivity (Wildman–Crippen MR) is 140 cm³/mol. The standard InChI is InChI=1S/C27H27F3N4O5S/c1-13(2)39-26(36)23-15-5-3-4-6-20(15)40-25(23)32-24(35)17-11-22-31-16(10-21(27(28,29)30)34(22)33-17)14-7-8-18-19(9-14)38-12-37-18/h7-9,11,13,16,21,31H,3-6,10,12H2,1-2H3,(H,32,35)/t16-,21+/m0/s1. The topological polar surface area (TPSA) is 104 Å². The third-order valence-electron chi connectivity index (χ3n) is 7.17.